The van der Waals surface area contributed by atoms with Crippen LogP contribution in [-0.2, 0) is 0 Å². The van der Waals surface area contributed by atoms with Crippen LogP contribution in [0.15, 0.2) is 17.0 Å². The van der Waals surface area contributed by atoms with E-state index in [1.54, 1.807) is 16.9 Å². The maximum absolute atomic E-state index is 6.01. The van der Waals surface area contributed by atoms with Crippen LogP contribution in [0.4, 0.5) is 10.8 Å². The van der Waals surface area contributed by atoms with Gasteiger partial charge in [-0.1, -0.05) is 11.6 Å². The normalized spacial score (nSPS) is 15.0. The molecule has 0 atom stereocenters. The molecule has 21 heavy (non-hydrogen) atoms. The van der Waals surface area contributed by atoms with Gasteiger partial charge in [0.2, 0.25) is 0 Å². The van der Waals surface area contributed by atoms with Crippen LogP contribution in [0.2, 0.25) is 0 Å². The SMILES string of the molecule is Cc1csc(-c2c(N)nsc2NCCC2=CCCCC2)n1. The third-order valence-electron chi connectivity index (χ3n) is 3.67. The molecule has 0 amide bonds. The molecule has 1 aliphatic carbocycles. The number of aryl methyl sites for hydroxylation is 1. The largest absolute Gasteiger partial charge is 0.382 e. The van der Waals surface area contributed by atoms with Gasteiger partial charge in [-0.3, -0.25) is 0 Å². The Morgan fingerprint density at radius 1 is 1.38 bits per heavy atom. The van der Waals surface area contributed by atoms with Crippen molar-refractivity contribution in [1.82, 2.24) is 9.36 Å². The van der Waals surface area contributed by atoms with Crippen molar-refractivity contribution in [2.75, 3.05) is 17.6 Å². The van der Waals surface area contributed by atoms with E-state index < -0.39 is 0 Å². The maximum atomic E-state index is 6.01. The van der Waals surface area contributed by atoms with Crippen molar-refractivity contribution in [3.63, 3.8) is 0 Å². The first-order valence-corrected chi connectivity index (χ1v) is 8.99. The van der Waals surface area contributed by atoms with Crippen molar-refractivity contribution < 1.29 is 0 Å². The van der Waals surface area contributed by atoms with Gasteiger partial charge in [0, 0.05) is 17.6 Å². The van der Waals surface area contributed by atoms with Gasteiger partial charge in [-0.25, -0.2) is 4.98 Å². The number of nitrogen functional groups attached to an aromatic ring is 1. The first-order chi connectivity index (χ1) is 10.2. The first kappa shape index (κ1) is 14.5. The minimum atomic E-state index is 0.578. The summed E-state index contributed by atoms with van der Waals surface area (Å²) >= 11 is 3.05. The number of nitrogens with two attached hydrogens (primary N) is 1. The molecule has 0 unspecified atom stereocenters. The lowest BCUT2D eigenvalue weighted by Crippen LogP contribution is -2.04. The first-order valence-electron chi connectivity index (χ1n) is 7.33. The fourth-order valence-electron chi connectivity index (χ4n) is 2.57. The molecule has 0 aliphatic heterocycles. The summed E-state index contributed by atoms with van der Waals surface area (Å²) in [4.78, 5) is 4.53. The van der Waals surface area contributed by atoms with Gasteiger partial charge in [0.1, 0.15) is 15.8 Å². The molecule has 3 rings (SSSR count). The topological polar surface area (TPSA) is 63.8 Å². The number of allylic oxidation sites excluding steroid dienone is 1. The zero-order chi connectivity index (χ0) is 14.7. The average molecular weight is 320 g/mol. The molecule has 0 bridgehead atoms. The quantitative estimate of drug-likeness (QED) is 0.798. The minimum Gasteiger partial charge on any atom is -0.382 e. The molecule has 0 radical (unpaired) electrons. The van der Waals surface area contributed by atoms with E-state index in [4.69, 9.17) is 5.73 Å². The Morgan fingerprint density at radius 3 is 3.00 bits per heavy atom. The fraction of sp³-hybridized carbons (Fsp3) is 0.467. The molecule has 2 aromatic rings. The summed E-state index contributed by atoms with van der Waals surface area (Å²) in [6, 6.07) is 0. The van der Waals surface area contributed by atoms with E-state index in [1.165, 1.54) is 37.2 Å². The van der Waals surface area contributed by atoms with Crippen LogP contribution >= 0.6 is 22.9 Å². The average Bonchev–Trinajstić information content (AvgIpc) is 3.06. The second-order valence-electron chi connectivity index (χ2n) is 5.35. The van der Waals surface area contributed by atoms with Crippen LogP contribution in [0.1, 0.15) is 37.8 Å². The monoisotopic (exact) mass is 320 g/mol. The molecule has 0 spiro atoms. The lowest BCUT2D eigenvalue weighted by molar-refractivity contribution is 0.679. The predicted octanol–water partition coefficient (Wildman–Crippen LogP) is 4.46. The van der Waals surface area contributed by atoms with Crippen LogP contribution in [0.5, 0.6) is 0 Å². The summed E-state index contributed by atoms with van der Waals surface area (Å²) < 4.78 is 4.28. The van der Waals surface area contributed by atoms with Gasteiger partial charge in [0.15, 0.2) is 0 Å². The molecular formula is C15H20N4S2. The predicted molar refractivity (Wildman–Crippen MR) is 92.0 cm³/mol. The summed E-state index contributed by atoms with van der Waals surface area (Å²) in [5, 5.41) is 7.53. The number of hydrogen-bond donors (Lipinski definition) is 2. The Labute approximate surface area is 133 Å². The standard InChI is InChI=1S/C15H20N4S2/c1-10-9-20-15(18-10)12-13(16)19-21-14(12)17-8-7-11-5-3-2-4-6-11/h5,9,17H,2-4,6-8H2,1H3,(H2,16,19). The van der Waals surface area contributed by atoms with Crippen LogP contribution in [-0.4, -0.2) is 15.9 Å². The van der Waals surface area contributed by atoms with E-state index in [0.717, 1.165) is 34.2 Å². The van der Waals surface area contributed by atoms with E-state index in [1.807, 2.05) is 12.3 Å². The van der Waals surface area contributed by atoms with Crippen LogP contribution in [0.25, 0.3) is 10.6 Å². The van der Waals surface area contributed by atoms with Crippen molar-refractivity contribution in [1.29, 1.82) is 0 Å². The summed E-state index contributed by atoms with van der Waals surface area (Å²) in [6.45, 7) is 2.93. The number of anilines is 2. The van der Waals surface area contributed by atoms with Crippen molar-refractivity contribution >= 4 is 33.7 Å². The molecule has 4 nitrogen and oxygen atoms in total. The molecule has 0 saturated carbocycles. The summed E-state index contributed by atoms with van der Waals surface area (Å²) in [7, 11) is 0. The van der Waals surface area contributed by atoms with Crippen LogP contribution in [0.3, 0.4) is 0 Å². The molecule has 1 aliphatic rings. The number of nitrogens with one attached hydrogen (secondary N) is 1. The summed E-state index contributed by atoms with van der Waals surface area (Å²) in [5.74, 6) is 0.578. The Kier molecular flexibility index (Phi) is 4.55. The highest BCUT2D eigenvalue weighted by Crippen LogP contribution is 2.38. The molecule has 0 aromatic carbocycles. The summed E-state index contributed by atoms with van der Waals surface area (Å²) in [5.41, 5.74) is 9.59. The molecule has 0 saturated heterocycles. The third-order valence-corrected chi connectivity index (χ3v) is 5.46. The molecule has 2 heterocycles. The molecule has 0 fully saturated rings. The lowest BCUT2D eigenvalue weighted by Gasteiger charge is -2.13. The summed E-state index contributed by atoms with van der Waals surface area (Å²) in [6.07, 6.45) is 8.68. The van der Waals surface area contributed by atoms with Crippen molar-refractivity contribution in [3.8, 4) is 10.6 Å². The highest BCUT2D eigenvalue weighted by Gasteiger charge is 2.16. The number of nitrogens with zero attached hydrogens (tertiary/aromatic N) is 2. The number of aromatic nitrogens is 2. The van der Waals surface area contributed by atoms with E-state index in [-0.39, 0.29) is 0 Å². The molecular weight excluding hydrogens is 300 g/mol. The van der Waals surface area contributed by atoms with Crippen molar-refractivity contribution in [2.24, 2.45) is 0 Å². The van der Waals surface area contributed by atoms with Crippen LogP contribution in [0, 0.1) is 6.92 Å². The number of hydrogen-bond acceptors (Lipinski definition) is 6. The second kappa shape index (κ2) is 6.58. The Balaban J connectivity index is 1.67. The van der Waals surface area contributed by atoms with Crippen LogP contribution < -0.4 is 11.1 Å². The zero-order valence-electron chi connectivity index (χ0n) is 12.2. The van der Waals surface area contributed by atoms with Gasteiger partial charge in [-0.05, 0) is 50.6 Å². The van der Waals surface area contributed by atoms with Crippen molar-refractivity contribution in [2.45, 2.75) is 39.0 Å². The smallest absolute Gasteiger partial charge is 0.149 e. The van der Waals surface area contributed by atoms with Gasteiger partial charge >= 0.3 is 0 Å². The van der Waals surface area contributed by atoms with E-state index in [0.29, 0.717) is 5.82 Å². The highest BCUT2D eigenvalue weighted by molar-refractivity contribution is 7.15. The number of thiazole rings is 1. The van der Waals surface area contributed by atoms with E-state index >= 15 is 0 Å². The number of rotatable bonds is 5. The van der Waals surface area contributed by atoms with Gasteiger partial charge in [0.05, 0.1) is 5.56 Å². The van der Waals surface area contributed by atoms with E-state index in [2.05, 4.69) is 20.8 Å². The molecule has 2 aromatic heterocycles. The van der Waals surface area contributed by atoms with Gasteiger partial charge in [-0.15, -0.1) is 11.3 Å². The Hall–Kier alpha value is -1.40. The van der Waals surface area contributed by atoms with Gasteiger partial charge in [-0.2, -0.15) is 4.37 Å². The van der Waals surface area contributed by atoms with E-state index in [9.17, 15) is 0 Å². The minimum absolute atomic E-state index is 0.578. The third kappa shape index (κ3) is 3.44. The lowest BCUT2D eigenvalue weighted by atomic mass is 9.97. The maximum Gasteiger partial charge on any atom is 0.149 e. The molecule has 6 heteroatoms. The van der Waals surface area contributed by atoms with Gasteiger partial charge in [0.25, 0.3) is 0 Å². The Bertz CT molecular complexity index is 642. The van der Waals surface area contributed by atoms with Crippen molar-refractivity contribution in [3.05, 3.63) is 22.7 Å². The van der Waals surface area contributed by atoms with Gasteiger partial charge < -0.3 is 11.1 Å². The molecule has 3 N–H and O–H groups in total. The Morgan fingerprint density at radius 2 is 2.29 bits per heavy atom. The zero-order valence-corrected chi connectivity index (χ0v) is 13.8. The fourth-order valence-corrected chi connectivity index (χ4v) is 4.23. The molecule has 112 valence electrons. The second-order valence-corrected chi connectivity index (χ2v) is 6.98. The highest BCUT2D eigenvalue weighted by atomic mass is 32.1.